The Balaban J connectivity index is 0. The Morgan fingerprint density at radius 1 is 1.35 bits per heavy atom. The maximum Gasteiger partial charge on any atom is 0.155 e. The van der Waals surface area contributed by atoms with E-state index < -0.39 is 0 Å². The van der Waals surface area contributed by atoms with E-state index in [-0.39, 0.29) is 5.78 Å². The number of carbonyl (C=O) groups excluding carboxylic acids is 1. The lowest BCUT2D eigenvalue weighted by atomic mass is 10.1. The van der Waals surface area contributed by atoms with Crippen LogP contribution in [0.4, 0.5) is 0 Å². The minimum absolute atomic E-state index is 0.0574. The van der Waals surface area contributed by atoms with Gasteiger partial charge >= 0.3 is 0 Å². The first kappa shape index (κ1) is 17.8. The number of hydrazine groups is 1. The first-order valence-electron chi connectivity index (χ1n) is 5.86. The monoisotopic (exact) mass is 239 g/mol. The van der Waals surface area contributed by atoms with E-state index in [0.29, 0.717) is 6.42 Å². The molecule has 0 unspecified atom stereocenters. The summed E-state index contributed by atoms with van der Waals surface area (Å²) in [5.41, 5.74) is 6.71. The Labute approximate surface area is 105 Å². The van der Waals surface area contributed by atoms with E-state index >= 15 is 0 Å². The standard InChI is InChI=1S/C11H19N3O.C2H6/c1-4-10(9(3)15)8-11(5-2)14(13)7-6-12;1-2/h5-8H,4,12-13H2,1-3H3;1-2H3/b7-6-,10-8+,11-5+;. The molecule has 0 aromatic carbocycles. The van der Waals surface area contributed by atoms with Crippen molar-refractivity contribution in [1.82, 2.24) is 5.01 Å². The van der Waals surface area contributed by atoms with Gasteiger partial charge in [-0.05, 0) is 31.9 Å². The molecule has 4 N–H and O–H groups in total. The highest BCUT2D eigenvalue weighted by Gasteiger charge is 2.04. The molecule has 0 aliphatic carbocycles. The molecule has 4 nitrogen and oxygen atoms in total. The zero-order valence-electron chi connectivity index (χ0n) is 11.5. The first-order valence-corrected chi connectivity index (χ1v) is 5.86. The molecule has 0 aromatic heterocycles. The molecule has 0 saturated heterocycles. The number of hydrogen-bond acceptors (Lipinski definition) is 4. The summed E-state index contributed by atoms with van der Waals surface area (Å²) >= 11 is 0. The van der Waals surface area contributed by atoms with Crippen LogP contribution in [0.15, 0.2) is 35.8 Å². The summed E-state index contributed by atoms with van der Waals surface area (Å²) in [7, 11) is 0. The minimum Gasteiger partial charge on any atom is -0.403 e. The van der Waals surface area contributed by atoms with E-state index in [2.05, 4.69) is 0 Å². The lowest BCUT2D eigenvalue weighted by molar-refractivity contribution is -0.113. The molecular weight excluding hydrogens is 214 g/mol. The van der Waals surface area contributed by atoms with Gasteiger partial charge in [0.15, 0.2) is 5.78 Å². The Kier molecular flexibility index (Phi) is 11.5. The maximum absolute atomic E-state index is 11.2. The highest BCUT2D eigenvalue weighted by Crippen LogP contribution is 2.09. The molecule has 0 aliphatic heterocycles. The Hall–Kier alpha value is -1.55. The number of rotatable bonds is 5. The zero-order chi connectivity index (χ0) is 13.8. The fourth-order valence-electron chi connectivity index (χ4n) is 1.12. The molecule has 0 atom stereocenters. The number of nitrogens with two attached hydrogens (primary N) is 2. The zero-order valence-corrected chi connectivity index (χ0v) is 11.5. The lowest BCUT2D eigenvalue weighted by Gasteiger charge is -2.15. The third-order valence-corrected chi connectivity index (χ3v) is 2.00. The Morgan fingerprint density at radius 3 is 2.18 bits per heavy atom. The molecular formula is C13H25N3O. The maximum atomic E-state index is 11.2. The quantitative estimate of drug-likeness (QED) is 0.334. The number of nitrogens with zero attached hydrogens (tertiary/aromatic N) is 1. The smallest absolute Gasteiger partial charge is 0.155 e. The Morgan fingerprint density at radius 2 is 1.88 bits per heavy atom. The van der Waals surface area contributed by atoms with Crippen molar-refractivity contribution in [3.8, 4) is 0 Å². The average molecular weight is 239 g/mol. The molecule has 0 radical (unpaired) electrons. The van der Waals surface area contributed by atoms with Gasteiger partial charge in [0.05, 0.1) is 5.70 Å². The van der Waals surface area contributed by atoms with Crippen molar-refractivity contribution in [2.45, 2.75) is 41.0 Å². The van der Waals surface area contributed by atoms with Gasteiger partial charge in [0.1, 0.15) is 0 Å². The predicted octanol–water partition coefficient (Wildman–Crippen LogP) is 2.45. The molecule has 0 aliphatic rings. The number of ketones is 1. The van der Waals surface area contributed by atoms with Crippen LogP contribution in [-0.2, 0) is 4.79 Å². The number of Topliss-reactive ketones (excluding diaryl/α,β-unsaturated/α-hetero) is 1. The van der Waals surface area contributed by atoms with Gasteiger partial charge in [0.25, 0.3) is 0 Å². The molecule has 0 spiro atoms. The highest BCUT2D eigenvalue weighted by molar-refractivity contribution is 5.93. The fourth-order valence-corrected chi connectivity index (χ4v) is 1.12. The van der Waals surface area contributed by atoms with E-state index in [9.17, 15) is 4.79 Å². The van der Waals surface area contributed by atoms with Crippen molar-refractivity contribution in [1.29, 1.82) is 0 Å². The van der Waals surface area contributed by atoms with Crippen molar-refractivity contribution >= 4 is 5.78 Å². The molecule has 0 amide bonds. The van der Waals surface area contributed by atoms with Gasteiger partial charge in [-0.3, -0.25) is 9.80 Å². The van der Waals surface area contributed by atoms with Gasteiger partial charge in [-0.1, -0.05) is 26.8 Å². The second-order valence-corrected chi connectivity index (χ2v) is 3.04. The van der Waals surface area contributed by atoms with E-state index in [1.807, 2.05) is 33.8 Å². The molecule has 0 saturated carbocycles. The Bertz CT molecular complexity index is 304. The van der Waals surface area contributed by atoms with Gasteiger partial charge < -0.3 is 5.73 Å². The molecule has 0 heterocycles. The van der Waals surface area contributed by atoms with E-state index in [0.717, 1.165) is 11.3 Å². The highest BCUT2D eigenvalue weighted by atomic mass is 16.1. The van der Waals surface area contributed by atoms with Crippen LogP contribution >= 0.6 is 0 Å². The summed E-state index contributed by atoms with van der Waals surface area (Å²) in [4.78, 5) is 11.2. The van der Waals surface area contributed by atoms with E-state index in [1.165, 1.54) is 17.4 Å². The molecule has 0 fully saturated rings. The summed E-state index contributed by atoms with van der Waals surface area (Å²) in [6, 6.07) is 0. The first-order chi connectivity index (χ1) is 8.06. The summed E-state index contributed by atoms with van der Waals surface area (Å²) < 4.78 is 0. The van der Waals surface area contributed by atoms with Crippen LogP contribution in [-0.4, -0.2) is 10.8 Å². The molecule has 0 rings (SSSR count). The third kappa shape index (κ3) is 7.36. The van der Waals surface area contributed by atoms with Crippen LogP contribution in [0.2, 0.25) is 0 Å². The van der Waals surface area contributed by atoms with Crippen molar-refractivity contribution in [2.75, 3.05) is 0 Å². The topological polar surface area (TPSA) is 72.3 Å². The SMILES string of the molecule is C/C=C(\C=C(/CC)C(C)=O)N(N)/C=C\N.CC. The van der Waals surface area contributed by atoms with Crippen LogP contribution in [0, 0.1) is 0 Å². The van der Waals surface area contributed by atoms with Gasteiger partial charge in [0, 0.05) is 12.4 Å². The van der Waals surface area contributed by atoms with Crippen LogP contribution in [0.3, 0.4) is 0 Å². The third-order valence-electron chi connectivity index (χ3n) is 2.00. The minimum atomic E-state index is 0.0574. The van der Waals surface area contributed by atoms with Crippen LogP contribution in [0.1, 0.15) is 41.0 Å². The van der Waals surface area contributed by atoms with E-state index in [1.54, 1.807) is 13.0 Å². The fraction of sp³-hybridized carbons (Fsp3) is 0.462. The van der Waals surface area contributed by atoms with Gasteiger partial charge in [0.2, 0.25) is 0 Å². The van der Waals surface area contributed by atoms with Crippen LogP contribution in [0.5, 0.6) is 0 Å². The molecule has 4 heteroatoms. The number of allylic oxidation sites excluding steroid dienone is 3. The van der Waals surface area contributed by atoms with Crippen molar-refractivity contribution in [3.05, 3.63) is 35.8 Å². The summed E-state index contributed by atoms with van der Waals surface area (Å²) in [5, 5.41) is 1.37. The van der Waals surface area contributed by atoms with E-state index in [4.69, 9.17) is 11.6 Å². The lowest BCUT2D eigenvalue weighted by Crippen LogP contribution is -2.24. The van der Waals surface area contributed by atoms with Crippen LogP contribution in [0.25, 0.3) is 0 Å². The predicted molar refractivity (Wildman–Crippen MR) is 73.5 cm³/mol. The van der Waals surface area contributed by atoms with Crippen molar-refractivity contribution < 1.29 is 4.79 Å². The second kappa shape index (κ2) is 11.0. The van der Waals surface area contributed by atoms with Crippen LogP contribution < -0.4 is 11.6 Å². The van der Waals surface area contributed by atoms with Gasteiger partial charge in [-0.25, -0.2) is 5.84 Å². The summed E-state index contributed by atoms with van der Waals surface area (Å²) in [6.45, 7) is 9.33. The van der Waals surface area contributed by atoms with Gasteiger partial charge in [-0.15, -0.1) is 0 Å². The van der Waals surface area contributed by atoms with Gasteiger partial charge in [-0.2, -0.15) is 0 Å². The molecule has 98 valence electrons. The van der Waals surface area contributed by atoms with Crippen molar-refractivity contribution in [3.63, 3.8) is 0 Å². The summed E-state index contributed by atoms with van der Waals surface area (Å²) in [6.07, 6.45) is 7.14. The number of carbonyl (C=O) groups is 1. The number of hydrogen-bond donors (Lipinski definition) is 2. The summed E-state index contributed by atoms with van der Waals surface area (Å²) in [5.74, 6) is 5.74. The molecule has 0 bridgehead atoms. The van der Waals surface area contributed by atoms with Crippen molar-refractivity contribution in [2.24, 2.45) is 11.6 Å². The molecule has 0 aromatic rings. The average Bonchev–Trinajstić information content (AvgIpc) is 2.32. The largest absolute Gasteiger partial charge is 0.403 e. The molecule has 17 heavy (non-hydrogen) atoms. The second-order valence-electron chi connectivity index (χ2n) is 3.04. The normalized spacial score (nSPS) is 12.1.